The van der Waals surface area contributed by atoms with Gasteiger partial charge in [0, 0.05) is 23.8 Å². The number of nitrogens with one attached hydrogen (secondary N) is 2. The molecule has 6 rings (SSSR count). The molecule has 3 aliphatic heterocycles. The number of carbonyl (C=O) groups is 3. The van der Waals surface area contributed by atoms with E-state index in [1.54, 1.807) is 30.4 Å². The number of benzene rings is 2. The number of carbonyl (C=O) groups excluding carboxylic acids is 3. The predicted molar refractivity (Wildman–Crippen MR) is 144 cm³/mol. The first-order valence-corrected chi connectivity index (χ1v) is 13.9. The summed E-state index contributed by atoms with van der Waals surface area (Å²) < 4.78 is 21.1. The second-order valence-corrected chi connectivity index (χ2v) is 11.4. The normalized spacial score (nSPS) is 29.5. The Kier molecular flexibility index (Phi) is 6.53. The molecule has 4 aliphatic rings. The summed E-state index contributed by atoms with van der Waals surface area (Å²) in [5.41, 5.74) is 1.83. The third-order valence-corrected chi connectivity index (χ3v) is 8.95. The predicted octanol–water partition coefficient (Wildman–Crippen LogP) is 4.18. The molecule has 0 aromatic heterocycles. The zero-order chi connectivity index (χ0) is 27.3. The molecule has 2 aromatic rings. The Morgan fingerprint density at radius 3 is 2.56 bits per heavy atom. The molecule has 2 aromatic carbocycles. The van der Waals surface area contributed by atoms with E-state index < -0.39 is 35.4 Å². The molecule has 0 unspecified atom stereocenters. The van der Waals surface area contributed by atoms with E-state index in [1.807, 2.05) is 32.0 Å². The molecule has 2 N–H and O–H groups in total. The lowest BCUT2D eigenvalue weighted by molar-refractivity contribution is -0.142. The van der Waals surface area contributed by atoms with E-state index in [-0.39, 0.29) is 30.3 Å². The fourth-order valence-corrected chi connectivity index (χ4v) is 6.82. The number of nitrogens with zero attached hydrogens (tertiary/aromatic N) is 1. The molecule has 1 spiro atoms. The van der Waals surface area contributed by atoms with Gasteiger partial charge in [0.2, 0.25) is 17.7 Å². The van der Waals surface area contributed by atoms with Gasteiger partial charge in [0.1, 0.15) is 17.5 Å². The molecule has 3 heterocycles. The van der Waals surface area contributed by atoms with Crippen LogP contribution in [0.15, 0.2) is 54.6 Å². The molecule has 3 amide bonds. The maximum Gasteiger partial charge on any atom is 0.246 e. The van der Waals surface area contributed by atoms with Crippen molar-refractivity contribution in [3.8, 4) is 0 Å². The molecular formula is C31H34FN3O4. The van der Waals surface area contributed by atoms with Crippen molar-refractivity contribution >= 4 is 23.4 Å². The van der Waals surface area contributed by atoms with Gasteiger partial charge in [-0.15, -0.1) is 0 Å². The molecule has 5 atom stereocenters. The lowest BCUT2D eigenvalue weighted by atomic mass is 9.74. The van der Waals surface area contributed by atoms with Gasteiger partial charge in [-0.05, 0) is 56.0 Å². The number of likely N-dealkylation sites (tertiary alicyclic amines) is 1. The van der Waals surface area contributed by atoms with Gasteiger partial charge in [0.25, 0.3) is 0 Å². The van der Waals surface area contributed by atoms with Crippen LogP contribution < -0.4 is 10.6 Å². The summed E-state index contributed by atoms with van der Waals surface area (Å²) in [6.07, 6.45) is 7.96. The van der Waals surface area contributed by atoms with Crippen LogP contribution in [0, 0.1) is 31.5 Å². The van der Waals surface area contributed by atoms with E-state index in [9.17, 15) is 18.8 Å². The zero-order valence-electron chi connectivity index (χ0n) is 22.3. The summed E-state index contributed by atoms with van der Waals surface area (Å²) in [6, 6.07) is 10.9. The van der Waals surface area contributed by atoms with Crippen molar-refractivity contribution in [1.82, 2.24) is 10.2 Å². The molecule has 0 radical (unpaired) electrons. The SMILES string of the molecule is Cc1ccc(NC(=O)[C@H]2[C@@H]3C=C[C@]4(O3)[C@@H]2C(=O)N(Cc2ccccc2F)[C@@H]4C(=O)NC2CCCCC2)cc1C. The molecule has 8 heteroatoms. The van der Waals surface area contributed by atoms with E-state index in [0.29, 0.717) is 11.3 Å². The van der Waals surface area contributed by atoms with Gasteiger partial charge in [-0.1, -0.05) is 55.7 Å². The van der Waals surface area contributed by atoms with Crippen LogP contribution in [0.5, 0.6) is 0 Å². The molecule has 1 saturated carbocycles. The molecule has 7 nitrogen and oxygen atoms in total. The maximum absolute atomic E-state index is 14.7. The van der Waals surface area contributed by atoms with Crippen molar-refractivity contribution in [2.75, 3.05) is 5.32 Å². The van der Waals surface area contributed by atoms with Crippen molar-refractivity contribution in [3.05, 3.63) is 77.1 Å². The fourth-order valence-electron chi connectivity index (χ4n) is 6.82. The Balaban J connectivity index is 1.33. The Bertz CT molecular complexity index is 1350. The van der Waals surface area contributed by atoms with Crippen molar-refractivity contribution in [1.29, 1.82) is 0 Å². The minimum Gasteiger partial charge on any atom is -0.359 e. The van der Waals surface area contributed by atoms with Crippen LogP contribution in [0.2, 0.25) is 0 Å². The van der Waals surface area contributed by atoms with Gasteiger partial charge in [-0.25, -0.2) is 4.39 Å². The van der Waals surface area contributed by atoms with Crippen LogP contribution in [0.25, 0.3) is 0 Å². The van der Waals surface area contributed by atoms with Crippen molar-refractivity contribution in [2.24, 2.45) is 11.8 Å². The quantitative estimate of drug-likeness (QED) is 0.548. The first-order valence-electron chi connectivity index (χ1n) is 13.9. The molecule has 39 heavy (non-hydrogen) atoms. The number of hydrogen-bond acceptors (Lipinski definition) is 4. The third-order valence-electron chi connectivity index (χ3n) is 8.95. The molecule has 204 valence electrons. The average molecular weight is 532 g/mol. The highest BCUT2D eigenvalue weighted by Gasteiger charge is 2.72. The van der Waals surface area contributed by atoms with E-state index in [4.69, 9.17) is 4.74 Å². The van der Waals surface area contributed by atoms with Gasteiger partial charge >= 0.3 is 0 Å². The van der Waals surface area contributed by atoms with Gasteiger partial charge in [0.05, 0.1) is 17.9 Å². The fraction of sp³-hybridized carbons (Fsp3) is 0.452. The van der Waals surface area contributed by atoms with E-state index in [1.165, 1.54) is 11.0 Å². The van der Waals surface area contributed by atoms with Crippen LogP contribution >= 0.6 is 0 Å². The minimum absolute atomic E-state index is 0.0265. The van der Waals surface area contributed by atoms with Crippen molar-refractivity contribution in [3.63, 3.8) is 0 Å². The largest absolute Gasteiger partial charge is 0.359 e. The van der Waals surface area contributed by atoms with Gasteiger partial charge in [-0.3, -0.25) is 14.4 Å². The summed E-state index contributed by atoms with van der Waals surface area (Å²) in [6.45, 7) is 3.89. The highest BCUT2D eigenvalue weighted by molar-refractivity contribution is 6.02. The maximum atomic E-state index is 14.7. The lowest BCUT2D eigenvalue weighted by Gasteiger charge is -2.34. The summed E-state index contributed by atoms with van der Waals surface area (Å²) in [7, 11) is 0. The van der Waals surface area contributed by atoms with E-state index >= 15 is 0 Å². The highest BCUT2D eigenvalue weighted by Crippen LogP contribution is 2.55. The number of aryl methyl sites for hydroxylation is 2. The van der Waals surface area contributed by atoms with Gasteiger partial charge in [-0.2, -0.15) is 0 Å². The summed E-state index contributed by atoms with van der Waals surface area (Å²) in [5, 5.41) is 6.12. The number of hydrogen-bond donors (Lipinski definition) is 2. The zero-order valence-corrected chi connectivity index (χ0v) is 22.3. The third kappa shape index (κ3) is 4.35. The minimum atomic E-state index is -1.28. The molecular weight excluding hydrogens is 497 g/mol. The Morgan fingerprint density at radius 1 is 1.05 bits per heavy atom. The Morgan fingerprint density at radius 2 is 1.82 bits per heavy atom. The summed E-state index contributed by atoms with van der Waals surface area (Å²) in [5.74, 6) is -3.14. The van der Waals surface area contributed by atoms with Crippen LogP contribution in [0.3, 0.4) is 0 Å². The van der Waals surface area contributed by atoms with Gasteiger partial charge < -0.3 is 20.3 Å². The van der Waals surface area contributed by atoms with Crippen LogP contribution in [0.1, 0.15) is 48.8 Å². The second-order valence-electron chi connectivity index (χ2n) is 11.4. The van der Waals surface area contributed by atoms with E-state index in [2.05, 4.69) is 10.6 Å². The first-order chi connectivity index (χ1) is 18.8. The van der Waals surface area contributed by atoms with E-state index in [0.717, 1.165) is 43.2 Å². The number of halogens is 1. The smallest absolute Gasteiger partial charge is 0.246 e. The molecule has 1 aliphatic carbocycles. The molecule has 2 saturated heterocycles. The van der Waals surface area contributed by atoms with Gasteiger partial charge in [0.15, 0.2) is 0 Å². The number of amides is 3. The molecule has 3 fully saturated rings. The molecule has 2 bridgehead atoms. The number of ether oxygens (including phenoxy) is 1. The van der Waals surface area contributed by atoms with Crippen molar-refractivity contribution in [2.45, 2.75) is 76.3 Å². The number of rotatable bonds is 6. The van der Waals surface area contributed by atoms with Crippen LogP contribution in [0.4, 0.5) is 10.1 Å². The number of fused-ring (bicyclic) bond motifs is 1. The van der Waals surface area contributed by atoms with Crippen LogP contribution in [-0.2, 0) is 25.7 Å². The lowest BCUT2D eigenvalue weighted by Crippen LogP contribution is -2.56. The number of anilines is 1. The standard InChI is InChI=1S/C31H34FN3O4/c1-18-12-13-22(16-19(18)2)34-28(36)25-24-14-15-31(39-24)26(25)30(38)35(17-20-8-6-7-11-23(20)32)27(31)29(37)33-21-9-4-3-5-10-21/h6-8,11-16,21,24-27H,3-5,9-10,17H2,1-2H3,(H,33,37)(H,34,36)/t24-,25-,26-,27+,31-/m0/s1. The Hall–Kier alpha value is -3.52. The van der Waals surface area contributed by atoms with Crippen molar-refractivity contribution < 1.29 is 23.5 Å². The highest BCUT2D eigenvalue weighted by atomic mass is 19.1. The topological polar surface area (TPSA) is 87.7 Å². The van der Waals surface area contributed by atoms with Crippen LogP contribution in [-0.4, -0.2) is 46.4 Å². The average Bonchev–Trinajstić information content (AvgIpc) is 3.56. The first kappa shape index (κ1) is 25.7. The monoisotopic (exact) mass is 531 g/mol. The summed E-state index contributed by atoms with van der Waals surface area (Å²) >= 11 is 0. The summed E-state index contributed by atoms with van der Waals surface area (Å²) in [4.78, 5) is 43.0. The Labute approximate surface area is 227 Å². The second kappa shape index (κ2) is 9.90.